The lowest BCUT2D eigenvalue weighted by atomic mass is 10.1. The van der Waals surface area contributed by atoms with Crippen molar-refractivity contribution in [3.8, 4) is 5.75 Å². The summed E-state index contributed by atoms with van der Waals surface area (Å²) >= 11 is 0. The molecule has 18 heavy (non-hydrogen) atoms. The molecule has 0 spiro atoms. The molecule has 0 aliphatic heterocycles. The zero-order valence-corrected chi connectivity index (χ0v) is 9.75. The molecule has 0 aromatic heterocycles. The summed E-state index contributed by atoms with van der Waals surface area (Å²) in [6.45, 7) is 1.81. The quantitative estimate of drug-likeness (QED) is 0.432. The molecule has 94 valence electrons. The Hall–Kier alpha value is -2.56. The van der Waals surface area contributed by atoms with E-state index in [1.54, 1.807) is 12.2 Å². The summed E-state index contributed by atoms with van der Waals surface area (Å²) in [6.07, 6.45) is 6.24. The maximum Gasteiger partial charge on any atom is 0.339 e. The van der Waals surface area contributed by atoms with E-state index in [1.807, 2.05) is 6.92 Å². The third-order valence-electron chi connectivity index (χ3n) is 2.08. The lowest BCUT2D eigenvalue weighted by molar-refractivity contribution is -0.111. The van der Waals surface area contributed by atoms with Crippen LogP contribution in [0.3, 0.4) is 0 Å². The van der Waals surface area contributed by atoms with Crippen LogP contribution in [0, 0.1) is 0 Å². The zero-order chi connectivity index (χ0) is 13.5. The monoisotopic (exact) mass is 247 g/mol. The molecule has 0 saturated carbocycles. The Bertz CT molecular complexity index is 518. The number of phenols is 1. The number of aromatic hydroxyl groups is 1. The average Bonchev–Trinajstić information content (AvgIpc) is 2.32. The van der Waals surface area contributed by atoms with Crippen LogP contribution in [0.5, 0.6) is 5.75 Å². The van der Waals surface area contributed by atoms with E-state index in [1.165, 1.54) is 30.4 Å². The fourth-order valence-corrected chi connectivity index (χ4v) is 1.25. The number of hydrogen-bond acceptors (Lipinski definition) is 3. The number of hydrogen-bond donors (Lipinski definition) is 3. The number of carboxylic acid groups (broad SMARTS) is 1. The van der Waals surface area contributed by atoms with Gasteiger partial charge in [-0.2, -0.15) is 0 Å². The molecule has 5 nitrogen and oxygen atoms in total. The molecule has 5 heteroatoms. The SMILES string of the molecule is CC=CC=CC(=O)Nc1cccc(C(=O)O)c1O. The van der Waals surface area contributed by atoms with E-state index in [4.69, 9.17) is 5.11 Å². The Kier molecular flexibility index (Phi) is 4.68. The highest BCUT2D eigenvalue weighted by atomic mass is 16.4. The molecule has 0 heterocycles. The molecule has 1 aromatic carbocycles. The van der Waals surface area contributed by atoms with Gasteiger partial charge in [0.1, 0.15) is 5.56 Å². The summed E-state index contributed by atoms with van der Waals surface area (Å²) in [7, 11) is 0. The summed E-state index contributed by atoms with van der Waals surface area (Å²) in [5, 5.41) is 20.8. The van der Waals surface area contributed by atoms with Gasteiger partial charge in [0, 0.05) is 6.08 Å². The first-order valence-corrected chi connectivity index (χ1v) is 5.22. The number of rotatable bonds is 4. The van der Waals surface area contributed by atoms with Crippen LogP contribution in [-0.2, 0) is 4.79 Å². The van der Waals surface area contributed by atoms with Gasteiger partial charge in [0.05, 0.1) is 5.69 Å². The van der Waals surface area contributed by atoms with Crippen molar-refractivity contribution in [3.05, 3.63) is 48.1 Å². The number of carboxylic acids is 1. The van der Waals surface area contributed by atoms with Gasteiger partial charge < -0.3 is 15.5 Å². The molecule has 0 aliphatic carbocycles. The summed E-state index contributed by atoms with van der Waals surface area (Å²) in [6, 6.07) is 4.11. The number of amides is 1. The number of carbonyl (C=O) groups is 2. The van der Waals surface area contributed by atoms with E-state index in [0.717, 1.165) is 0 Å². The van der Waals surface area contributed by atoms with Gasteiger partial charge in [-0.1, -0.05) is 24.3 Å². The van der Waals surface area contributed by atoms with Crippen LogP contribution in [-0.4, -0.2) is 22.1 Å². The van der Waals surface area contributed by atoms with E-state index in [-0.39, 0.29) is 11.3 Å². The van der Waals surface area contributed by atoms with Crippen LogP contribution in [0.1, 0.15) is 17.3 Å². The van der Waals surface area contributed by atoms with Crippen molar-refractivity contribution in [1.82, 2.24) is 0 Å². The highest BCUT2D eigenvalue weighted by molar-refractivity contribution is 6.02. The zero-order valence-electron chi connectivity index (χ0n) is 9.75. The van der Waals surface area contributed by atoms with Gasteiger partial charge >= 0.3 is 5.97 Å². The molecule has 1 amide bonds. The second-order valence-electron chi connectivity index (χ2n) is 3.38. The van der Waals surface area contributed by atoms with Crippen molar-refractivity contribution in [1.29, 1.82) is 0 Å². The molecule has 0 aliphatic rings. The molecule has 0 fully saturated rings. The number of carbonyl (C=O) groups excluding carboxylic acids is 1. The van der Waals surface area contributed by atoms with Crippen molar-refractivity contribution >= 4 is 17.6 Å². The summed E-state index contributed by atoms with van der Waals surface area (Å²) < 4.78 is 0. The van der Waals surface area contributed by atoms with E-state index in [2.05, 4.69) is 5.32 Å². The van der Waals surface area contributed by atoms with Crippen molar-refractivity contribution < 1.29 is 19.8 Å². The van der Waals surface area contributed by atoms with Crippen LogP contribution >= 0.6 is 0 Å². The second kappa shape index (κ2) is 6.24. The molecule has 0 saturated heterocycles. The van der Waals surface area contributed by atoms with Gasteiger partial charge in [-0.05, 0) is 19.1 Å². The van der Waals surface area contributed by atoms with E-state index < -0.39 is 17.6 Å². The normalized spacial score (nSPS) is 10.9. The lowest BCUT2D eigenvalue weighted by Crippen LogP contribution is -2.09. The van der Waals surface area contributed by atoms with Crippen molar-refractivity contribution in [2.24, 2.45) is 0 Å². The third kappa shape index (κ3) is 3.48. The van der Waals surface area contributed by atoms with Crippen LogP contribution in [0.25, 0.3) is 0 Å². The smallest absolute Gasteiger partial charge is 0.339 e. The molecule has 0 unspecified atom stereocenters. The van der Waals surface area contributed by atoms with Crippen molar-refractivity contribution in [2.45, 2.75) is 6.92 Å². The molecule has 1 aromatic rings. The van der Waals surface area contributed by atoms with Crippen LogP contribution in [0.4, 0.5) is 5.69 Å². The Morgan fingerprint density at radius 1 is 1.28 bits per heavy atom. The fourth-order valence-electron chi connectivity index (χ4n) is 1.25. The molecule has 0 atom stereocenters. The molecule has 0 radical (unpaired) electrons. The highest BCUT2D eigenvalue weighted by Crippen LogP contribution is 2.27. The topological polar surface area (TPSA) is 86.6 Å². The third-order valence-corrected chi connectivity index (χ3v) is 2.08. The maximum atomic E-state index is 11.4. The summed E-state index contributed by atoms with van der Waals surface area (Å²) in [5.74, 6) is -2.17. The predicted octanol–water partition coefficient (Wildman–Crippen LogP) is 2.16. The van der Waals surface area contributed by atoms with Crippen LogP contribution < -0.4 is 5.32 Å². The predicted molar refractivity (Wildman–Crippen MR) is 67.6 cm³/mol. The van der Waals surface area contributed by atoms with Gasteiger partial charge in [-0.25, -0.2) is 4.79 Å². The van der Waals surface area contributed by atoms with Crippen LogP contribution in [0.2, 0.25) is 0 Å². The Balaban J connectivity index is 2.88. The summed E-state index contributed by atoms with van der Waals surface area (Å²) in [5.41, 5.74) is -0.199. The van der Waals surface area contributed by atoms with Gasteiger partial charge in [-0.15, -0.1) is 0 Å². The van der Waals surface area contributed by atoms with Gasteiger partial charge in [0.15, 0.2) is 5.75 Å². The first kappa shape index (κ1) is 13.5. The van der Waals surface area contributed by atoms with Crippen molar-refractivity contribution in [3.63, 3.8) is 0 Å². The number of allylic oxidation sites excluding steroid dienone is 3. The van der Waals surface area contributed by atoms with E-state index in [9.17, 15) is 14.7 Å². The average molecular weight is 247 g/mol. The van der Waals surface area contributed by atoms with Gasteiger partial charge in [-0.3, -0.25) is 4.79 Å². The molecule has 3 N–H and O–H groups in total. The number of nitrogens with one attached hydrogen (secondary N) is 1. The highest BCUT2D eigenvalue weighted by Gasteiger charge is 2.13. The molecular weight excluding hydrogens is 234 g/mol. The van der Waals surface area contributed by atoms with E-state index in [0.29, 0.717) is 0 Å². The number of aromatic carboxylic acids is 1. The number of para-hydroxylation sites is 1. The van der Waals surface area contributed by atoms with Crippen molar-refractivity contribution in [2.75, 3.05) is 5.32 Å². The summed E-state index contributed by atoms with van der Waals surface area (Å²) in [4.78, 5) is 22.2. The molecule has 0 bridgehead atoms. The van der Waals surface area contributed by atoms with Gasteiger partial charge in [0.25, 0.3) is 0 Å². The number of benzene rings is 1. The lowest BCUT2D eigenvalue weighted by Gasteiger charge is -2.07. The van der Waals surface area contributed by atoms with Crippen LogP contribution in [0.15, 0.2) is 42.5 Å². The Morgan fingerprint density at radius 2 is 2.00 bits per heavy atom. The largest absolute Gasteiger partial charge is 0.505 e. The minimum absolute atomic E-state index is 0.0602. The molecule has 1 rings (SSSR count). The fraction of sp³-hybridized carbons (Fsp3) is 0.0769. The minimum atomic E-state index is -1.26. The minimum Gasteiger partial charge on any atom is -0.505 e. The first-order valence-electron chi connectivity index (χ1n) is 5.22. The standard InChI is InChI=1S/C13H13NO4/c1-2-3-4-8-11(15)14-10-7-5-6-9(12(10)16)13(17)18/h2-8,16H,1H3,(H,14,15)(H,17,18). The second-order valence-corrected chi connectivity index (χ2v) is 3.38. The first-order chi connectivity index (χ1) is 8.56. The Labute approximate surface area is 104 Å². The Morgan fingerprint density at radius 3 is 2.61 bits per heavy atom. The number of anilines is 1. The van der Waals surface area contributed by atoms with Gasteiger partial charge in [0.2, 0.25) is 5.91 Å². The van der Waals surface area contributed by atoms with E-state index >= 15 is 0 Å². The molecular formula is C13H13NO4. The maximum absolute atomic E-state index is 11.4.